The normalized spacial score (nSPS) is 19.4. The van der Waals surface area contributed by atoms with Gasteiger partial charge in [-0.1, -0.05) is 0 Å². The Morgan fingerprint density at radius 3 is 2.73 bits per heavy atom. The minimum atomic E-state index is -0.477. The molecule has 7 heteroatoms. The van der Waals surface area contributed by atoms with Gasteiger partial charge in [0.05, 0.1) is 7.11 Å². The van der Waals surface area contributed by atoms with E-state index in [0.29, 0.717) is 23.3 Å². The molecule has 26 heavy (non-hydrogen) atoms. The molecule has 6 nitrogen and oxygen atoms in total. The monoisotopic (exact) mass is 355 g/mol. The van der Waals surface area contributed by atoms with Gasteiger partial charge in [0.2, 0.25) is 5.95 Å². The van der Waals surface area contributed by atoms with Crippen LogP contribution in [-0.2, 0) is 0 Å². The van der Waals surface area contributed by atoms with E-state index in [2.05, 4.69) is 34.3 Å². The Morgan fingerprint density at radius 1 is 1.31 bits per heavy atom. The molecule has 1 aliphatic rings. The van der Waals surface area contributed by atoms with Crippen molar-refractivity contribution in [2.75, 3.05) is 26.5 Å². The van der Waals surface area contributed by atoms with Gasteiger partial charge in [-0.3, -0.25) is 0 Å². The van der Waals surface area contributed by atoms with Gasteiger partial charge in [0.1, 0.15) is 17.6 Å². The fraction of sp³-hybridized carbons (Fsp3) is 0.421. The van der Waals surface area contributed by atoms with E-state index in [1.807, 2.05) is 6.07 Å². The second kappa shape index (κ2) is 7.67. The molecule has 0 aliphatic heterocycles. The van der Waals surface area contributed by atoms with Crippen LogP contribution in [0.5, 0.6) is 5.75 Å². The molecule has 1 aliphatic carbocycles. The quantitative estimate of drug-likeness (QED) is 0.889. The van der Waals surface area contributed by atoms with Crippen molar-refractivity contribution in [1.82, 2.24) is 14.9 Å². The highest BCUT2D eigenvalue weighted by Crippen LogP contribution is 2.29. The van der Waals surface area contributed by atoms with Gasteiger partial charge in [-0.25, -0.2) is 14.4 Å². The van der Waals surface area contributed by atoms with Crippen LogP contribution in [-0.4, -0.2) is 48.2 Å². The molecule has 136 valence electrons. The van der Waals surface area contributed by atoms with Gasteiger partial charge in [-0.15, -0.1) is 0 Å². The molecule has 1 saturated carbocycles. The van der Waals surface area contributed by atoms with E-state index in [1.165, 1.54) is 19.4 Å². The standard InChI is InChI=1S/C19H22FN5O/c1-25(2)13-5-4-12(8-13)23-19-22-11-16(18(10-21)24-19)15-7-6-14(26-3)9-17(15)20/h6-7,9,11-13H,4-5,8H2,1-3H3,(H,22,23,24). The van der Waals surface area contributed by atoms with E-state index >= 15 is 0 Å². The first-order valence-electron chi connectivity index (χ1n) is 8.55. The highest BCUT2D eigenvalue weighted by atomic mass is 19.1. The number of nitrogens with one attached hydrogen (secondary N) is 1. The lowest BCUT2D eigenvalue weighted by atomic mass is 10.1. The molecule has 2 unspecified atom stereocenters. The Bertz CT molecular complexity index is 833. The van der Waals surface area contributed by atoms with E-state index in [-0.39, 0.29) is 17.3 Å². The Hall–Kier alpha value is -2.72. The number of ether oxygens (including phenoxy) is 1. The number of hydrogen-bond donors (Lipinski definition) is 1. The number of nitriles is 1. The first-order chi connectivity index (χ1) is 12.5. The summed E-state index contributed by atoms with van der Waals surface area (Å²) in [5.74, 6) is 0.346. The second-order valence-electron chi connectivity index (χ2n) is 6.69. The number of nitrogens with zero attached hydrogens (tertiary/aromatic N) is 4. The van der Waals surface area contributed by atoms with Crippen molar-refractivity contribution in [3.05, 3.63) is 35.9 Å². The molecule has 0 spiro atoms. The van der Waals surface area contributed by atoms with Gasteiger partial charge in [0.25, 0.3) is 0 Å². The Balaban J connectivity index is 1.82. The average molecular weight is 355 g/mol. The Morgan fingerprint density at radius 2 is 2.12 bits per heavy atom. The summed E-state index contributed by atoms with van der Waals surface area (Å²) in [5.41, 5.74) is 0.798. The minimum absolute atomic E-state index is 0.147. The van der Waals surface area contributed by atoms with Gasteiger partial charge in [-0.2, -0.15) is 5.26 Å². The number of benzene rings is 1. The topological polar surface area (TPSA) is 74.1 Å². The van der Waals surface area contributed by atoms with Gasteiger partial charge >= 0.3 is 0 Å². The molecule has 0 radical (unpaired) electrons. The second-order valence-corrected chi connectivity index (χ2v) is 6.69. The van der Waals surface area contributed by atoms with Crippen LogP contribution in [0.4, 0.5) is 10.3 Å². The highest BCUT2D eigenvalue weighted by Gasteiger charge is 2.26. The molecular formula is C19H22FN5O. The SMILES string of the molecule is COc1ccc(-c2cnc(NC3CCC(N(C)C)C3)nc2C#N)c(F)c1. The van der Waals surface area contributed by atoms with Crippen molar-refractivity contribution in [2.24, 2.45) is 0 Å². The highest BCUT2D eigenvalue weighted by molar-refractivity contribution is 5.69. The number of anilines is 1. The molecule has 1 fully saturated rings. The van der Waals surface area contributed by atoms with Gasteiger partial charge in [0, 0.05) is 35.5 Å². The summed E-state index contributed by atoms with van der Waals surface area (Å²) in [6.45, 7) is 0. The molecule has 2 aromatic rings. The Labute approximate surface area is 152 Å². The van der Waals surface area contributed by atoms with Crippen molar-refractivity contribution >= 4 is 5.95 Å². The van der Waals surface area contributed by atoms with Crippen molar-refractivity contribution in [3.8, 4) is 22.9 Å². The maximum absolute atomic E-state index is 14.3. The molecule has 1 aromatic heterocycles. The number of aromatic nitrogens is 2. The molecule has 3 rings (SSSR count). The number of hydrogen-bond acceptors (Lipinski definition) is 6. The lowest BCUT2D eigenvalue weighted by molar-refractivity contribution is 0.297. The number of halogens is 1. The molecule has 1 N–H and O–H groups in total. The molecule has 0 bridgehead atoms. The maximum Gasteiger partial charge on any atom is 0.224 e. The van der Waals surface area contributed by atoms with Crippen LogP contribution < -0.4 is 10.1 Å². The van der Waals surface area contributed by atoms with E-state index in [4.69, 9.17) is 4.74 Å². The van der Waals surface area contributed by atoms with Gasteiger partial charge < -0.3 is 15.0 Å². The van der Waals surface area contributed by atoms with Gasteiger partial charge in [0.15, 0.2) is 5.69 Å². The van der Waals surface area contributed by atoms with Gasteiger partial charge in [-0.05, 0) is 45.5 Å². The zero-order valence-corrected chi connectivity index (χ0v) is 15.2. The zero-order chi connectivity index (χ0) is 18.7. The fourth-order valence-electron chi connectivity index (χ4n) is 3.32. The maximum atomic E-state index is 14.3. The number of rotatable bonds is 5. The summed E-state index contributed by atoms with van der Waals surface area (Å²) in [5, 5.41) is 12.7. The summed E-state index contributed by atoms with van der Waals surface area (Å²) >= 11 is 0. The summed E-state index contributed by atoms with van der Waals surface area (Å²) < 4.78 is 19.3. The smallest absolute Gasteiger partial charge is 0.224 e. The summed E-state index contributed by atoms with van der Waals surface area (Å²) in [7, 11) is 5.63. The fourth-order valence-corrected chi connectivity index (χ4v) is 3.32. The molecule has 0 amide bonds. The zero-order valence-electron chi connectivity index (χ0n) is 15.2. The third-order valence-corrected chi connectivity index (χ3v) is 4.83. The first-order valence-corrected chi connectivity index (χ1v) is 8.55. The van der Waals surface area contributed by atoms with E-state index < -0.39 is 5.82 Å². The molecule has 0 saturated heterocycles. The van der Waals surface area contributed by atoms with Crippen LogP contribution in [0.1, 0.15) is 25.0 Å². The van der Waals surface area contributed by atoms with E-state index in [0.717, 1.165) is 19.3 Å². The minimum Gasteiger partial charge on any atom is -0.497 e. The summed E-state index contributed by atoms with van der Waals surface area (Å²) in [4.78, 5) is 10.8. The lowest BCUT2D eigenvalue weighted by Gasteiger charge is -2.19. The van der Waals surface area contributed by atoms with E-state index in [1.54, 1.807) is 12.1 Å². The van der Waals surface area contributed by atoms with Crippen LogP contribution in [0, 0.1) is 17.1 Å². The molecule has 2 atom stereocenters. The van der Waals surface area contributed by atoms with Crippen LogP contribution >= 0.6 is 0 Å². The predicted molar refractivity (Wildman–Crippen MR) is 97.4 cm³/mol. The van der Waals surface area contributed by atoms with Crippen LogP contribution in [0.2, 0.25) is 0 Å². The lowest BCUT2D eigenvalue weighted by Crippen LogP contribution is -2.27. The van der Waals surface area contributed by atoms with Crippen molar-refractivity contribution in [1.29, 1.82) is 5.26 Å². The molecule has 1 heterocycles. The van der Waals surface area contributed by atoms with Crippen molar-refractivity contribution in [3.63, 3.8) is 0 Å². The molecular weight excluding hydrogens is 333 g/mol. The summed E-state index contributed by atoms with van der Waals surface area (Å²) in [6.07, 6.45) is 4.65. The first kappa shape index (κ1) is 18.1. The summed E-state index contributed by atoms with van der Waals surface area (Å²) in [6, 6.07) is 7.35. The third-order valence-electron chi connectivity index (χ3n) is 4.83. The van der Waals surface area contributed by atoms with Crippen molar-refractivity contribution < 1.29 is 9.13 Å². The number of methoxy groups -OCH3 is 1. The average Bonchev–Trinajstić information content (AvgIpc) is 3.10. The van der Waals surface area contributed by atoms with Crippen LogP contribution in [0.15, 0.2) is 24.4 Å². The Kier molecular flexibility index (Phi) is 5.33. The van der Waals surface area contributed by atoms with Crippen molar-refractivity contribution in [2.45, 2.75) is 31.3 Å². The van der Waals surface area contributed by atoms with Crippen LogP contribution in [0.25, 0.3) is 11.1 Å². The third kappa shape index (κ3) is 3.75. The molecule has 1 aromatic carbocycles. The van der Waals surface area contributed by atoms with Crippen LogP contribution in [0.3, 0.4) is 0 Å². The van der Waals surface area contributed by atoms with E-state index in [9.17, 15) is 9.65 Å². The largest absolute Gasteiger partial charge is 0.497 e. The predicted octanol–water partition coefficient (Wildman–Crippen LogP) is 3.06.